The summed E-state index contributed by atoms with van der Waals surface area (Å²) in [7, 11) is 0. The lowest BCUT2D eigenvalue weighted by atomic mass is 10.1. The number of hydrogen-bond donors (Lipinski definition) is 1. The van der Waals surface area contributed by atoms with E-state index in [1.54, 1.807) is 0 Å². The predicted molar refractivity (Wildman–Crippen MR) is 59.9 cm³/mol. The third-order valence-corrected chi connectivity index (χ3v) is 2.55. The minimum Gasteiger partial charge on any atom is -0.391 e. The molecule has 1 heterocycles. The van der Waals surface area contributed by atoms with Gasteiger partial charge in [-0.2, -0.15) is 0 Å². The summed E-state index contributed by atoms with van der Waals surface area (Å²) in [5.74, 6) is 0. The van der Waals surface area contributed by atoms with Crippen molar-refractivity contribution < 1.29 is 14.6 Å². The fourth-order valence-electron chi connectivity index (χ4n) is 1.68. The first-order chi connectivity index (χ1) is 6.97. The molecule has 0 amide bonds. The summed E-state index contributed by atoms with van der Waals surface area (Å²) in [4.78, 5) is 0. The van der Waals surface area contributed by atoms with Crippen LogP contribution in [0.1, 0.15) is 46.5 Å². The van der Waals surface area contributed by atoms with Crippen LogP contribution in [0.5, 0.6) is 0 Å². The van der Waals surface area contributed by atoms with Crippen LogP contribution in [0.15, 0.2) is 0 Å². The summed E-state index contributed by atoms with van der Waals surface area (Å²) in [6.07, 6.45) is 4.06. The maximum absolute atomic E-state index is 9.69. The van der Waals surface area contributed by atoms with Crippen molar-refractivity contribution in [1.82, 2.24) is 0 Å². The van der Waals surface area contributed by atoms with E-state index in [2.05, 4.69) is 0 Å². The highest BCUT2D eigenvalue weighted by atomic mass is 16.5. The molecule has 1 N–H and O–H groups in total. The Morgan fingerprint density at radius 3 is 2.73 bits per heavy atom. The minimum atomic E-state index is -0.353. The van der Waals surface area contributed by atoms with Crippen molar-refractivity contribution in [2.45, 2.75) is 64.3 Å². The molecule has 0 aromatic carbocycles. The average molecular weight is 216 g/mol. The summed E-state index contributed by atoms with van der Waals surface area (Å²) in [5, 5.41) is 9.69. The third-order valence-electron chi connectivity index (χ3n) is 2.55. The molecule has 1 fully saturated rings. The predicted octanol–water partition coefficient (Wildman–Crippen LogP) is 2.12. The van der Waals surface area contributed by atoms with Crippen molar-refractivity contribution in [3.05, 3.63) is 0 Å². The lowest BCUT2D eigenvalue weighted by Crippen LogP contribution is -2.26. The van der Waals surface area contributed by atoms with Gasteiger partial charge in [0.25, 0.3) is 0 Å². The average Bonchev–Trinajstić information content (AvgIpc) is 2.62. The van der Waals surface area contributed by atoms with E-state index in [0.29, 0.717) is 12.7 Å². The van der Waals surface area contributed by atoms with Crippen LogP contribution in [0, 0.1) is 0 Å². The van der Waals surface area contributed by atoms with Crippen LogP contribution in [0.3, 0.4) is 0 Å². The molecule has 2 unspecified atom stereocenters. The topological polar surface area (TPSA) is 38.7 Å². The monoisotopic (exact) mass is 216 g/mol. The molecule has 0 aliphatic carbocycles. The van der Waals surface area contributed by atoms with Gasteiger partial charge in [0, 0.05) is 6.61 Å². The second kappa shape index (κ2) is 5.83. The van der Waals surface area contributed by atoms with E-state index in [-0.39, 0.29) is 11.7 Å². The molecule has 0 aromatic heterocycles. The van der Waals surface area contributed by atoms with E-state index in [1.165, 1.54) is 6.42 Å². The summed E-state index contributed by atoms with van der Waals surface area (Å²) < 4.78 is 11.0. The summed E-state index contributed by atoms with van der Waals surface area (Å²) >= 11 is 0. The number of aliphatic hydroxyl groups is 1. The van der Waals surface area contributed by atoms with Crippen LogP contribution in [0.2, 0.25) is 0 Å². The van der Waals surface area contributed by atoms with Crippen molar-refractivity contribution >= 4 is 0 Å². The molecular weight excluding hydrogens is 192 g/mol. The molecule has 90 valence electrons. The van der Waals surface area contributed by atoms with Gasteiger partial charge in [0.2, 0.25) is 0 Å². The molecule has 1 aliphatic heterocycles. The van der Waals surface area contributed by atoms with Crippen molar-refractivity contribution in [1.29, 1.82) is 0 Å². The van der Waals surface area contributed by atoms with Crippen molar-refractivity contribution in [2.24, 2.45) is 0 Å². The Hall–Kier alpha value is -0.120. The highest BCUT2D eigenvalue weighted by Gasteiger charge is 2.18. The standard InChI is InChI=1S/C12H24O3/c1-12(2,3)15-9-10(13)6-7-11-5-4-8-14-11/h10-11,13H,4-9H2,1-3H3. The Labute approximate surface area is 92.8 Å². The van der Waals surface area contributed by atoms with E-state index >= 15 is 0 Å². The van der Waals surface area contributed by atoms with Crippen LogP contribution in [-0.2, 0) is 9.47 Å². The zero-order chi connectivity index (χ0) is 11.3. The van der Waals surface area contributed by atoms with Crippen molar-refractivity contribution in [2.75, 3.05) is 13.2 Å². The van der Waals surface area contributed by atoms with Crippen LogP contribution >= 0.6 is 0 Å². The Kier molecular flexibility index (Phi) is 5.03. The highest BCUT2D eigenvalue weighted by molar-refractivity contribution is 4.68. The Morgan fingerprint density at radius 2 is 2.20 bits per heavy atom. The SMILES string of the molecule is CC(C)(C)OCC(O)CCC1CCCO1. The number of hydrogen-bond acceptors (Lipinski definition) is 3. The first-order valence-electron chi connectivity index (χ1n) is 5.91. The Balaban J connectivity index is 2.05. The van der Waals surface area contributed by atoms with Crippen molar-refractivity contribution in [3.63, 3.8) is 0 Å². The zero-order valence-corrected chi connectivity index (χ0v) is 10.2. The van der Waals surface area contributed by atoms with Crippen LogP contribution in [-0.4, -0.2) is 36.1 Å². The van der Waals surface area contributed by atoms with E-state index in [0.717, 1.165) is 25.9 Å². The molecule has 15 heavy (non-hydrogen) atoms. The molecule has 3 heteroatoms. The van der Waals surface area contributed by atoms with Gasteiger partial charge in [-0.25, -0.2) is 0 Å². The lowest BCUT2D eigenvalue weighted by molar-refractivity contribution is -0.0534. The van der Waals surface area contributed by atoms with Gasteiger partial charge in [0.1, 0.15) is 0 Å². The second-order valence-electron chi connectivity index (χ2n) is 5.29. The first-order valence-corrected chi connectivity index (χ1v) is 5.91. The molecule has 0 bridgehead atoms. The van der Waals surface area contributed by atoms with Gasteiger partial charge >= 0.3 is 0 Å². The van der Waals surface area contributed by atoms with Crippen LogP contribution < -0.4 is 0 Å². The fourth-order valence-corrected chi connectivity index (χ4v) is 1.68. The van der Waals surface area contributed by atoms with E-state index < -0.39 is 0 Å². The molecule has 2 atom stereocenters. The van der Waals surface area contributed by atoms with E-state index in [4.69, 9.17) is 9.47 Å². The number of ether oxygens (including phenoxy) is 2. The van der Waals surface area contributed by atoms with Gasteiger partial charge in [-0.05, 0) is 46.5 Å². The summed E-state index contributed by atoms with van der Waals surface area (Å²) in [6.45, 7) is 7.31. The molecule has 1 saturated heterocycles. The van der Waals surface area contributed by atoms with Crippen LogP contribution in [0.25, 0.3) is 0 Å². The molecule has 0 aromatic rings. The van der Waals surface area contributed by atoms with E-state index in [9.17, 15) is 5.11 Å². The zero-order valence-electron chi connectivity index (χ0n) is 10.2. The largest absolute Gasteiger partial charge is 0.391 e. The molecule has 0 spiro atoms. The van der Waals surface area contributed by atoms with Gasteiger partial charge in [0.15, 0.2) is 0 Å². The number of aliphatic hydroxyl groups excluding tert-OH is 1. The normalized spacial score (nSPS) is 24.4. The van der Waals surface area contributed by atoms with Gasteiger partial charge in [-0.15, -0.1) is 0 Å². The summed E-state index contributed by atoms with van der Waals surface area (Å²) in [5.41, 5.74) is -0.162. The van der Waals surface area contributed by atoms with Gasteiger partial charge in [-0.1, -0.05) is 0 Å². The smallest absolute Gasteiger partial charge is 0.0774 e. The molecule has 0 saturated carbocycles. The molecule has 0 radical (unpaired) electrons. The fraction of sp³-hybridized carbons (Fsp3) is 1.00. The Morgan fingerprint density at radius 1 is 1.47 bits per heavy atom. The quantitative estimate of drug-likeness (QED) is 0.765. The highest BCUT2D eigenvalue weighted by Crippen LogP contribution is 2.18. The van der Waals surface area contributed by atoms with Gasteiger partial charge < -0.3 is 14.6 Å². The summed E-state index contributed by atoms with van der Waals surface area (Å²) in [6, 6.07) is 0. The molecule has 3 nitrogen and oxygen atoms in total. The second-order valence-corrected chi connectivity index (χ2v) is 5.29. The van der Waals surface area contributed by atoms with Gasteiger partial charge in [-0.3, -0.25) is 0 Å². The maximum Gasteiger partial charge on any atom is 0.0774 e. The molecule has 1 rings (SSSR count). The van der Waals surface area contributed by atoms with Crippen LogP contribution in [0.4, 0.5) is 0 Å². The Bertz CT molecular complexity index is 168. The first kappa shape index (κ1) is 12.9. The number of rotatable bonds is 5. The van der Waals surface area contributed by atoms with Crippen molar-refractivity contribution in [3.8, 4) is 0 Å². The third kappa shape index (κ3) is 6.13. The molecule has 1 aliphatic rings. The van der Waals surface area contributed by atoms with Gasteiger partial charge in [0.05, 0.1) is 24.4 Å². The lowest BCUT2D eigenvalue weighted by Gasteiger charge is -2.22. The maximum atomic E-state index is 9.69. The minimum absolute atomic E-state index is 0.162. The molecular formula is C12H24O3. The van der Waals surface area contributed by atoms with E-state index in [1.807, 2.05) is 20.8 Å².